The third-order valence-electron chi connectivity index (χ3n) is 2.25. The van der Waals surface area contributed by atoms with Gasteiger partial charge in [-0.15, -0.1) is 0 Å². The van der Waals surface area contributed by atoms with Gasteiger partial charge in [-0.05, 0) is 24.1 Å². The minimum atomic E-state index is -3.13. The minimum Gasteiger partial charge on any atom is -0.212 e. The molecule has 0 radical (unpaired) electrons. The Balaban J connectivity index is 2.26. The van der Waals surface area contributed by atoms with Crippen molar-refractivity contribution in [1.82, 2.24) is 4.72 Å². The molecular formula is C9H10FNO2S. The molecule has 76 valence electrons. The van der Waals surface area contributed by atoms with Crippen molar-refractivity contribution in [3.8, 4) is 0 Å². The minimum absolute atomic E-state index is 0.119. The van der Waals surface area contributed by atoms with Crippen LogP contribution >= 0.6 is 0 Å². The molecule has 0 amide bonds. The van der Waals surface area contributed by atoms with Gasteiger partial charge in [0.1, 0.15) is 5.82 Å². The highest BCUT2D eigenvalue weighted by atomic mass is 32.2. The van der Waals surface area contributed by atoms with Gasteiger partial charge in [0.2, 0.25) is 10.0 Å². The normalized spacial score (nSPS) is 25.1. The largest absolute Gasteiger partial charge is 0.212 e. The number of halogens is 1. The van der Waals surface area contributed by atoms with Gasteiger partial charge in [-0.1, -0.05) is 12.1 Å². The summed E-state index contributed by atoms with van der Waals surface area (Å²) >= 11 is 0. The van der Waals surface area contributed by atoms with Crippen LogP contribution in [0.5, 0.6) is 0 Å². The van der Waals surface area contributed by atoms with E-state index in [4.69, 9.17) is 0 Å². The molecule has 1 heterocycles. The second-order valence-electron chi connectivity index (χ2n) is 3.33. The van der Waals surface area contributed by atoms with Gasteiger partial charge in [0.05, 0.1) is 5.75 Å². The zero-order valence-corrected chi connectivity index (χ0v) is 8.22. The van der Waals surface area contributed by atoms with Crippen molar-refractivity contribution < 1.29 is 12.8 Å². The van der Waals surface area contributed by atoms with Crippen molar-refractivity contribution >= 4 is 10.0 Å². The molecule has 0 saturated carbocycles. The first-order valence-electron chi connectivity index (χ1n) is 4.32. The summed E-state index contributed by atoms with van der Waals surface area (Å²) in [5, 5.41) is 0. The van der Waals surface area contributed by atoms with E-state index in [-0.39, 0.29) is 17.6 Å². The van der Waals surface area contributed by atoms with E-state index in [0.29, 0.717) is 12.0 Å². The maximum atomic E-state index is 12.8. The maximum Gasteiger partial charge on any atom is 0.212 e. The highest BCUT2D eigenvalue weighted by molar-refractivity contribution is 7.89. The molecule has 0 aromatic heterocycles. The Morgan fingerprint density at radius 2 is 2.21 bits per heavy atom. The summed E-state index contributed by atoms with van der Waals surface area (Å²) in [6, 6.07) is 5.74. The monoisotopic (exact) mass is 215 g/mol. The fourth-order valence-electron chi connectivity index (χ4n) is 1.57. The Labute approximate surface area is 82.0 Å². The molecule has 1 atom stereocenters. The van der Waals surface area contributed by atoms with Crippen molar-refractivity contribution in [1.29, 1.82) is 0 Å². The number of sulfonamides is 1. The third kappa shape index (κ3) is 1.93. The van der Waals surface area contributed by atoms with E-state index in [2.05, 4.69) is 4.72 Å². The van der Waals surface area contributed by atoms with Gasteiger partial charge in [-0.25, -0.2) is 17.5 Å². The van der Waals surface area contributed by atoms with Gasteiger partial charge in [0, 0.05) is 6.04 Å². The molecule has 1 aromatic rings. The molecule has 2 rings (SSSR count). The van der Waals surface area contributed by atoms with Crippen molar-refractivity contribution in [2.24, 2.45) is 0 Å². The van der Waals surface area contributed by atoms with Crippen LogP contribution in [0.3, 0.4) is 0 Å². The smallest absolute Gasteiger partial charge is 0.212 e. The van der Waals surface area contributed by atoms with E-state index in [1.54, 1.807) is 12.1 Å². The maximum absolute atomic E-state index is 12.8. The average Bonchev–Trinajstić information content (AvgIpc) is 2.46. The molecule has 0 bridgehead atoms. The zero-order chi connectivity index (χ0) is 10.2. The number of benzene rings is 1. The summed E-state index contributed by atoms with van der Waals surface area (Å²) in [7, 11) is -3.13. The van der Waals surface area contributed by atoms with Crippen LogP contribution in [0.2, 0.25) is 0 Å². The van der Waals surface area contributed by atoms with Crippen molar-refractivity contribution in [3.05, 3.63) is 35.6 Å². The second-order valence-corrected chi connectivity index (χ2v) is 5.21. The van der Waals surface area contributed by atoms with Gasteiger partial charge < -0.3 is 0 Å². The van der Waals surface area contributed by atoms with Crippen LogP contribution in [-0.4, -0.2) is 14.2 Å². The van der Waals surface area contributed by atoms with Crippen LogP contribution in [0, 0.1) is 5.82 Å². The third-order valence-corrected chi connectivity index (χ3v) is 3.66. The number of hydrogen-bond acceptors (Lipinski definition) is 2. The van der Waals surface area contributed by atoms with E-state index >= 15 is 0 Å². The van der Waals surface area contributed by atoms with E-state index in [1.165, 1.54) is 12.1 Å². The van der Waals surface area contributed by atoms with Gasteiger partial charge in [0.15, 0.2) is 0 Å². The predicted octanol–water partition coefficient (Wildman–Crippen LogP) is 1.19. The van der Waals surface area contributed by atoms with E-state index in [1.807, 2.05) is 0 Å². The molecule has 1 aliphatic rings. The van der Waals surface area contributed by atoms with Gasteiger partial charge in [-0.3, -0.25) is 0 Å². The van der Waals surface area contributed by atoms with Crippen LogP contribution in [0.25, 0.3) is 0 Å². The van der Waals surface area contributed by atoms with Gasteiger partial charge in [-0.2, -0.15) is 0 Å². The molecule has 1 aromatic carbocycles. The first-order chi connectivity index (χ1) is 6.57. The topological polar surface area (TPSA) is 46.2 Å². The Kier molecular flexibility index (Phi) is 2.28. The molecule has 1 aliphatic heterocycles. The Hall–Kier alpha value is -0.940. The fourth-order valence-corrected chi connectivity index (χ4v) is 2.92. The summed E-state index contributed by atoms with van der Waals surface area (Å²) < 4.78 is 37.5. The fraction of sp³-hybridized carbons (Fsp3) is 0.333. The molecule has 5 heteroatoms. The molecule has 1 saturated heterocycles. The lowest BCUT2D eigenvalue weighted by Gasteiger charge is -2.08. The Morgan fingerprint density at radius 1 is 1.43 bits per heavy atom. The average molecular weight is 215 g/mol. The lowest BCUT2D eigenvalue weighted by Crippen LogP contribution is -2.19. The lowest BCUT2D eigenvalue weighted by atomic mass is 10.1. The summed E-state index contributed by atoms with van der Waals surface area (Å²) in [6.07, 6.45) is 0.506. The quantitative estimate of drug-likeness (QED) is 0.764. The van der Waals surface area contributed by atoms with Crippen molar-refractivity contribution in [3.63, 3.8) is 0 Å². The SMILES string of the molecule is O=S1(=O)CCC(c2cccc(F)c2)N1. The highest BCUT2D eigenvalue weighted by Crippen LogP contribution is 2.24. The molecular weight excluding hydrogens is 205 g/mol. The predicted molar refractivity (Wildman–Crippen MR) is 50.7 cm³/mol. The first-order valence-corrected chi connectivity index (χ1v) is 5.97. The van der Waals surface area contributed by atoms with E-state index < -0.39 is 10.0 Å². The van der Waals surface area contributed by atoms with Crippen LogP contribution in [0.4, 0.5) is 4.39 Å². The standard InChI is InChI=1S/C9H10FNO2S/c10-8-3-1-2-7(6-8)9-4-5-14(12,13)11-9/h1-3,6,9,11H,4-5H2. The molecule has 3 nitrogen and oxygen atoms in total. The summed E-state index contributed by atoms with van der Waals surface area (Å²) in [6.45, 7) is 0. The lowest BCUT2D eigenvalue weighted by molar-refractivity contribution is 0.583. The van der Waals surface area contributed by atoms with Crippen LogP contribution < -0.4 is 4.72 Å². The summed E-state index contributed by atoms with van der Waals surface area (Å²) in [4.78, 5) is 0. The number of hydrogen-bond donors (Lipinski definition) is 1. The van der Waals surface area contributed by atoms with Gasteiger partial charge in [0.25, 0.3) is 0 Å². The van der Waals surface area contributed by atoms with E-state index in [0.717, 1.165) is 0 Å². The second kappa shape index (κ2) is 3.33. The van der Waals surface area contributed by atoms with Crippen LogP contribution in [-0.2, 0) is 10.0 Å². The first kappa shape index (κ1) is 9.61. The molecule has 0 aliphatic carbocycles. The molecule has 0 spiro atoms. The number of nitrogens with one attached hydrogen (secondary N) is 1. The summed E-state index contributed by atoms with van der Waals surface area (Å²) in [5.74, 6) is -0.220. The number of rotatable bonds is 1. The molecule has 1 N–H and O–H groups in total. The van der Waals surface area contributed by atoms with Gasteiger partial charge >= 0.3 is 0 Å². The van der Waals surface area contributed by atoms with Crippen molar-refractivity contribution in [2.75, 3.05) is 5.75 Å². The highest BCUT2D eigenvalue weighted by Gasteiger charge is 2.27. The molecule has 1 fully saturated rings. The molecule has 1 unspecified atom stereocenters. The van der Waals surface area contributed by atoms with E-state index in [9.17, 15) is 12.8 Å². The van der Waals surface area contributed by atoms with Crippen molar-refractivity contribution in [2.45, 2.75) is 12.5 Å². The van der Waals surface area contributed by atoms with Crippen LogP contribution in [0.1, 0.15) is 18.0 Å². The summed E-state index contributed by atoms with van der Waals surface area (Å²) in [5.41, 5.74) is 0.686. The zero-order valence-electron chi connectivity index (χ0n) is 7.40. The molecule has 14 heavy (non-hydrogen) atoms. The Morgan fingerprint density at radius 3 is 2.79 bits per heavy atom. The van der Waals surface area contributed by atoms with Crippen LogP contribution in [0.15, 0.2) is 24.3 Å². The Bertz CT molecular complexity index is 444.